The van der Waals surface area contributed by atoms with Gasteiger partial charge in [0.1, 0.15) is 54.8 Å². The van der Waals surface area contributed by atoms with Crippen LogP contribution < -0.4 is 16.6 Å². The van der Waals surface area contributed by atoms with E-state index in [-0.39, 0.29) is 5.92 Å². The number of nitrogens with one attached hydrogen (secondary N) is 2. The van der Waals surface area contributed by atoms with Crippen molar-refractivity contribution in [1.29, 1.82) is 0 Å². The monoisotopic (exact) mass is 702 g/mol. The number of rotatable bonds is 12. The van der Waals surface area contributed by atoms with Crippen molar-refractivity contribution in [2.75, 3.05) is 6.61 Å². The van der Waals surface area contributed by atoms with Crippen LogP contribution in [-0.4, -0.2) is 149 Å². The first-order valence-corrected chi connectivity index (χ1v) is 15.5. The fraction of sp³-hybridized carbons (Fsp3) is 0.750. The van der Waals surface area contributed by atoms with Crippen LogP contribution in [0, 0.1) is 5.92 Å². The standard InChI is InChI=1S/C28H42N6O15/c1-10(2)4-3-5-14(37)30-16-20(41)18(39)12(46-26(16)49-27-17(32-33-29)21(42)19(40)13(9-35)47-27)8-11(36)24-22(43)23(44)25(48-24)34-7-6-15(38)31-28(34)45/h3,5-7,10-13,16-27,35-36,39-44H,4,8-9H2,1-2H3,(H,30,37)(H,31,38,45)/b5-3+/t11-,12-,13+,16-,17?,18?,19-,20?,21?,22+,23-,24?,25-,26+,27-/m1/s1. The Labute approximate surface area is 277 Å². The molecule has 1 aromatic rings. The molecule has 49 heavy (non-hydrogen) atoms. The smallest absolute Gasteiger partial charge is 0.330 e. The maximum Gasteiger partial charge on any atom is 0.330 e. The normalized spacial score (nSPS) is 38.8. The number of H-pyrrole nitrogens is 1. The molecular formula is C28H42N6O15. The van der Waals surface area contributed by atoms with Crippen LogP contribution in [0.15, 0.2) is 39.1 Å². The first kappa shape index (κ1) is 38.5. The third-order valence-electron chi connectivity index (χ3n) is 8.44. The fourth-order valence-corrected chi connectivity index (χ4v) is 5.78. The van der Waals surface area contributed by atoms with Crippen molar-refractivity contribution in [3.63, 3.8) is 0 Å². The Bertz CT molecular complexity index is 1470. The number of aromatic nitrogens is 2. The van der Waals surface area contributed by atoms with E-state index in [9.17, 15) is 55.2 Å². The molecule has 3 fully saturated rings. The number of aromatic amines is 1. The van der Waals surface area contributed by atoms with Gasteiger partial charge < -0.3 is 65.1 Å². The second-order valence-corrected chi connectivity index (χ2v) is 12.4. The second kappa shape index (κ2) is 16.6. The lowest BCUT2D eigenvalue weighted by Crippen LogP contribution is -2.66. The van der Waals surface area contributed by atoms with Gasteiger partial charge in [-0.25, -0.2) is 4.79 Å². The van der Waals surface area contributed by atoms with Crippen molar-refractivity contribution in [3.8, 4) is 0 Å². The summed E-state index contributed by atoms with van der Waals surface area (Å²) in [5, 5.41) is 90.9. The van der Waals surface area contributed by atoms with Crippen LogP contribution in [0.4, 0.5) is 0 Å². The predicted molar refractivity (Wildman–Crippen MR) is 161 cm³/mol. The molecule has 0 radical (unpaired) electrons. The highest BCUT2D eigenvalue weighted by atomic mass is 16.8. The first-order valence-electron chi connectivity index (χ1n) is 15.5. The molecule has 3 saturated heterocycles. The Morgan fingerprint density at radius 1 is 1.04 bits per heavy atom. The van der Waals surface area contributed by atoms with E-state index in [4.69, 9.17) is 24.5 Å². The minimum absolute atomic E-state index is 0.219. The third kappa shape index (κ3) is 8.72. The molecule has 21 heteroatoms. The zero-order valence-electron chi connectivity index (χ0n) is 26.4. The molecule has 0 spiro atoms. The molecule has 4 rings (SSSR count). The van der Waals surface area contributed by atoms with Gasteiger partial charge in [-0.1, -0.05) is 25.0 Å². The quantitative estimate of drug-likeness (QED) is 0.0425. The minimum atomic E-state index is -1.86. The predicted octanol–water partition coefficient (Wildman–Crippen LogP) is -4.42. The van der Waals surface area contributed by atoms with Gasteiger partial charge in [-0.2, -0.15) is 0 Å². The van der Waals surface area contributed by atoms with E-state index in [0.717, 1.165) is 16.8 Å². The average molecular weight is 703 g/mol. The van der Waals surface area contributed by atoms with Gasteiger partial charge in [-0.3, -0.25) is 19.1 Å². The van der Waals surface area contributed by atoms with Crippen molar-refractivity contribution in [1.82, 2.24) is 14.9 Å². The van der Waals surface area contributed by atoms with Gasteiger partial charge in [0.05, 0.1) is 24.9 Å². The molecule has 5 unspecified atom stereocenters. The molecule has 0 aromatic carbocycles. The van der Waals surface area contributed by atoms with E-state index in [0.29, 0.717) is 6.42 Å². The summed E-state index contributed by atoms with van der Waals surface area (Å²) in [7, 11) is 0. The molecular weight excluding hydrogens is 660 g/mol. The van der Waals surface area contributed by atoms with Crippen molar-refractivity contribution in [3.05, 3.63) is 55.7 Å². The van der Waals surface area contributed by atoms with E-state index >= 15 is 0 Å². The third-order valence-corrected chi connectivity index (χ3v) is 8.44. The van der Waals surface area contributed by atoms with E-state index in [1.54, 1.807) is 6.08 Å². The number of carbonyl (C=O) groups is 1. The van der Waals surface area contributed by atoms with Crippen molar-refractivity contribution < 1.29 is 64.6 Å². The molecule has 4 heterocycles. The average Bonchev–Trinajstić information content (AvgIpc) is 3.34. The lowest BCUT2D eigenvalue weighted by atomic mass is 9.91. The fourth-order valence-electron chi connectivity index (χ4n) is 5.78. The minimum Gasteiger partial charge on any atom is -0.394 e. The van der Waals surface area contributed by atoms with Crippen LogP contribution >= 0.6 is 0 Å². The van der Waals surface area contributed by atoms with Crippen LogP contribution in [0.1, 0.15) is 32.9 Å². The van der Waals surface area contributed by atoms with Crippen LogP contribution in [0.2, 0.25) is 0 Å². The number of ether oxygens (including phenoxy) is 4. The van der Waals surface area contributed by atoms with Crippen LogP contribution in [0.25, 0.3) is 10.4 Å². The van der Waals surface area contributed by atoms with Gasteiger partial charge in [0.25, 0.3) is 5.56 Å². The van der Waals surface area contributed by atoms with E-state index in [1.807, 2.05) is 18.8 Å². The molecule has 21 nitrogen and oxygen atoms in total. The number of azide groups is 1. The van der Waals surface area contributed by atoms with Gasteiger partial charge >= 0.3 is 5.69 Å². The highest BCUT2D eigenvalue weighted by Gasteiger charge is 2.53. The van der Waals surface area contributed by atoms with Crippen LogP contribution in [0.5, 0.6) is 0 Å². The molecule has 15 atom stereocenters. The van der Waals surface area contributed by atoms with Gasteiger partial charge in [0, 0.05) is 23.6 Å². The molecule has 1 aromatic heterocycles. The highest BCUT2D eigenvalue weighted by Crippen LogP contribution is 2.34. The van der Waals surface area contributed by atoms with Gasteiger partial charge in [-0.05, 0) is 23.9 Å². The molecule has 3 aliphatic rings. The number of amides is 1. The number of nitrogens with zero attached hydrogens (tertiary/aromatic N) is 4. The molecule has 10 N–H and O–H groups in total. The number of hydrogen-bond donors (Lipinski definition) is 10. The van der Waals surface area contributed by atoms with Gasteiger partial charge in [0.2, 0.25) is 5.91 Å². The Balaban J connectivity index is 1.57. The Kier molecular flexibility index (Phi) is 13.1. The lowest BCUT2D eigenvalue weighted by molar-refractivity contribution is -0.344. The van der Waals surface area contributed by atoms with Crippen molar-refractivity contribution in [2.45, 2.75) is 119 Å². The molecule has 0 bridgehead atoms. The Morgan fingerprint density at radius 3 is 2.35 bits per heavy atom. The summed E-state index contributed by atoms with van der Waals surface area (Å²) in [6, 6.07) is -2.21. The number of aliphatic hydroxyl groups is 8. The summed E-state index contributed by atoms with van der Waals surface area (Å²) in [6.07, 6.45) is -18.4. The van der Waals surface area contributed by atoms with E-state index < -0.39 is 122 Å². The van der Waals surface area contributed by atoms with E-state index in [2.05, 4.69) is 15.3 Å². The van der Waals surface area contributed by atoms with Crippen LogP contribution in [-0.2, 0) is 23.7 Å². The Morgan fingerprint density at radius 2 is 1.71 bits per heavy atom. The number of hydrogen-bond acceptors (Lipinski definition) is 16. The Hall–Kier alpha value is -3.28. The first-order chi connectivity index (χ1) is 23.2. The summed E-state index contributed by atoms with van der Waals surface area (Å²) in [4.78, 5) is 41.1. The van der Waals surface area contributed by atoms with Gasteiger partial charge in [0.15, 0.2) is 18.8 Å². The number of carbonyl (C=O) groups excluding carboxylic acids is 1. The van der Waals surface area contributed by atoms with Gasteiger partial charge in [-0.15, -0.1) is 0 Å². The summed E-state index contributed by atoms with van der Waals surface area (Å²) in [5.41, 5.74) is 7.37. The second-order valence-electron chi connectivity index (χ2n) is 12.4. The maximum atomic E-state index is 12.8. The number of aliphatic hydroxyl groups excluding tert-OH is 8. The SMILES string of the molecule is CC(C)C/C=C/C(=O)N[C@@H]1C(O)C(O)[C@@H](C[C@@H](O)C2O[C@@H](n3ccc(=O)[nH]c3=O)[C@H](O)[C@@H]2O)O[C@H]1O[C@H]1O[C@@H](CO)[C@@H](O)C(O)C1N=[N+]=[N-]. The summed E-state index contributed by atoms with van der Waals surface area (Å²) >= 11 is 0. The molecule has 0 aliphatic carbocycles. The summed E-state index contributed by atoms with van der Waals surface area (Å²) in [5.74, 6) is -0.510. The zero-order chi connectivity index (χ0) is 36.2. The van der Waals surface area contributed by atoms with Crippen molar-refractivity contribution in [2.24, 2.45) is 11.0 Å². The summed E-state index contributed by atoms with van der Waals surface area (Å²) < 4.78 is 23.6. The number of allylic oxidation sites excluding steroid dienone is 1. The molecule has 3 aliphatic heterocycles. The van der Waals surface area contributed by atoms with Crippen molar-refractivity contribution >= 4 is 5.91 Å². The molecule has 0 saturated carbocycles. The topological polar surface area (TPSA) is 331 Å². The zero-order valence-corrected chi connectivity index (χ0v) is 26.4. The largest absolute Gasteiger partial charge is 0.394 e. The molecule has 1 amide bonds. The highest BCUT2D eigenvalue weighted by molar-refractivity contribution is 5.87. The summed E-state index contributed by atoms with van der Waals surface area (Å²) in [6.45, 7) is 3.04. The van der Waals surface area contributed by atoms with E-state index in [1.165, 1.54) is 6.08 Å². The lowest BCUT2D eigenvalue weighted by Gasteiger charge is -2.46. The molecule has 274 valence electrons. The maximum absolute atomic E-state index is 12.8. The van der Waals surface area contributed by atoms with Crippen LogP contribution in [0.3, 0.4) is 0 Å².